The number of aldehydes is 1. The highest BCUT2D eigenvalue weighted by atomic mass is 16.7. The molecule has 6 nitrogen and oxygen atoms in total. The van der Waals surface area contributed by atoms with Crippen LogP contribution in [0, 0.1) is 0 Å². The second kappa shape index (κ2) is 8.96. The molecule has 0 aliphatic heterocycles. The van der Waals surface area contributed by atoms with Gasteiger partial charge in [0.05, 0.1) is 5.56 Å². The van der Waals surface area contributed by atoms with Crippen LogP contribution >= 0.6 is 0 Å². The number of hydrogen-bond acceptors (Lipinski definition) is 5. The predicted octanol–water partition coefficient (Wildman–Crippen LogP) is 2.72. The second-order valence-corrected chi connectivity index (χ2v) is 5.26. The molecule has 0 spiro atoms. The lowest BCUT2D eigenvalue weighted by Crippen LogP contribution is -2.24. The lowest BCUT2D eigenvalue weighted by atomic mass is 10.2. The lowest BCUT2D eigenvalue weighted by Gasteiger charge is -2.22. The molecule has 0 aliphatic carbocycles. The van der Waals surface area contributed by atoms with E-state index in [1.165, 1.54) is 20.4 Å². The van der Waals surface area contributed by atoms with Crippen LogP contribution in [0.5, 0.6) is 5.75 Å². The average molecular weight is 343 g/mol. The number of aromatic nitrogens is 1. The number of rotatable bonds is 9. The molecule has 0 fully saturated rings. The fourth-order valence-electron chi connectivity index (χ4n) is 2.48. The summed E-state index contributed by atoms with van der Waals surface area (Å²) in [6, 6.07) is 9.42. The SMILES string of the molecule is C=CCn1cc(C=O)c(=O)c(OCc2ccccc2)c1C(OC)OC. The third-order valence-electron chi connectivity index (χ3n) is 3.64. The van der Waals surface area contributed by atoms with E-state index < -0.39 is 11.7 Å². The monoisotopic (exact) mass is 343 g/mol. The summed E-state index contributed by atoms with van der Waals surface area (Å²) >= 11 is 0. The van der Waals surface area contributed by atoms with Crippen molar-refractivity contribution in [1.29, 1.82) is 0 Å². The van der Waals surface area contributed by atoms with Gasteiger partial charge in [-0.05, 0) is 5.56 Å². The van der Waals surface area contributed by atoms with Crippen molar-refractivity contribution in [3.63, 3.8) is 0 Å². The van der Waals surface area contributed by atoms with Gasteiger partial charge in [-0.15, -0.1) is 6.58 Å². The molecule has 0 saturated heterocycles. The van der Waals surface area contributed by atoms with Crippen LogP contribution in [0.4, 0.5) is 0 Å². The number of hydrogen-bond donors (Lipinski definition) is 0. The van der Waals surface area contributed by atoms with Crippen LogP contribution in [0.15, 0.2) is 54.0 Å². The molecule has 0 saturated carbocycles. The summed E-state index contributed by atoms with van der Waals surface area (Å²) in [6.07, 6.45) is 2.79. The summed E-state index contributed by atoms with van der Waals surface area (Å²) in [7, 11) is 2.93. The lowest BCUT2D eigenvalue weighted by molar-refractivity contribution is -0.112. The standard InChI is InChI=1S/C19H21NO5/c1-4-10-20-11-15(12-21)17(22)18(16(20)19(23-2)24-3)25-13-14-8-6-5-7-9-14/h4-9,11-12,19H,1,10,13H2,2-3H3. The van der Waals surface area contributed by atoms with Crippen molar-refractivity contribution in [2.75, 3.05) is 14.2 Å². The van der Waals surface area contributed by atoms with E-state index in [1.807, 2.05) is 30.3 Å². The van der Waals surface area contributed by atoms with Gasteiger partial charge in [-0.1, -0.05) is 36.4 Å². The van der Waals surface area contributed by atoms with E-state index >= 15 is 0 Å². The summed E-state index contributed by atoms with van der Waals surface area (Å²) < 4.78 is 18.1. The van der Waals surface area contributed by atoms with Crippen LogP contribution in [0.25, 0.3) is 0 Å². The van der Waals surface area contributed by atoms with Crippen molar-refractivity contribution in [3.05, 3.63) is 76.2 Å². The number of allylic oxidation sites excluding steroid dienone is 1. The molecule has 2 aromatic rings. The minimum Gasteiger partial charge on any atom is -0.483 e. The van der Waals surface area contributed by atoms with E-state index in [0.717, 1.165) is 5.56 Å². The van der Waals surface area contributed by atoms with Crippen LogP contribution in [0.3, 0.4) is 0 Å². The van der Waals surface area contributed by atoms with Crippen LogP contribution in [0.1, 0.15) is 27.9 Å². The molecule has 1 aromatic carbocycles. The van der Waals surface area contributed by atoms with Gasteiger partial charge in [0.15, 0.2) is 12.0 Å². The predicted molar refractivity (Wildman–Crippen MR) is 93.8 cm³/mol. The van der Waals surface area contributed by atoms with Crippen LogP contribution < -0.4 is 10.2 Å². The molecule has 0 N–H and O–H groups in total. The zero-order valence-electron chi connectivity index (χ0n) is 14.3. The second-order valence-electron chi connectivity index (χ2n) is 5.26. The molecule has 6 heteroatoms. The van der Waals surface area contributed by atoms with Crippen molar-refractivity contribution in [3.8, 4) is 5.75 Å². The molecule has 0 bridgehead atoms. The van der Waals surface area contributed by atoms with E-state index in [0.29, 0.717) is 18.5 Å². The van der Waals surface area contributed by atoms with E-state index in [4.69, 9.17) is 14.2 Å². The largest absolute Gasteiger partial charge is 0.483 e. The number of carbonyl (C=O) groups excluding carboxylic acids is 1. The van der Waals surface area contributed by atoms with Crippen molar-refractivity contribution in [1.82, 2.24) is 4.57 Å². The Morgan fingerprint density at radius 1 is 1.20 bits per heavy atom. The average Bonchev–Trinajstić information content (AvgIpc) is 2.65. The minimum atomic E-state index is -0.820. The van der Waals surface area contributed by atoms with Gasteiger partial charge in [-0.25, -0.2) is 0 Å². The van der Waals surface area contributed by atoms with Gasteiger partial charge >= 0.3 is 0 Å². The van der Waals surface area contributed by atoms with Gasteiger partial charge in [0.2, 0.25) is 11.7 Å². The Kier molecular flexibility index (Phi) is 6.68. The smallest absolute Gasteiger partial charge is 0.234 e. The summed E-state index contributed by atoms with van der Waals surface area (Å²) in [5, 5.41) is 0. The molecule has 132 valence electrons. The molecule has 0 aliphatic rings. The Morgan fingerprint density at radius 2 is 1.88 bits per heavy atom. The number of pyridine rings is 1. The Hall–Kier alpha value is -2.70. The number of carbonyl (C=O) groups is 1. The highest BCUT2D eigenvalue weighted by Crippen LogP contribution is 2.26. The first-order valence-electron chi connectivity index (χ1n) is 7.72. The summed E-state index contributed by atoms with van der Waals surface area (Å²) in [5.41, 5.74) is 0.794. The fourth-order valence-corrected chi connectivity index (χ4v) is 2.48. The Bertz CT molecular complexity index is 778. The van der Waals surface area contributed by atoms with Crippen molar-refractivity contribution in [2.45, 2.75) is 19.4 Å². The Labute approximate surface area is 146 Å². The van der Waals surface area contributed by atoms with Crippen LogP contribution in [-0.2, 0) is 22.6 Å². The van der Waals surface area contributed by atoms with E-state index in [2.05, 4.69) is 6.58 Å². The first-order valence-corrected chi connectivity index (χ1v) is 7.72. The van der Waals surface area contributed by atoms with Gasteiger partial charge in [0.1, 0.15) is 12.3 Å². The maximum Gasteiger partial charge on any atom is 0.234 e. The zero-order valence-corrected chi connectivity index (χ0v) is 14.3. The highest BCUT2D eigenvalue weighted by Gasteiger charge is 2.24. The maximum absolute atomic E-state index is 12.6. The molecule has 0 radical (unpaired) electrons. The summed E-state index contributed by atoms with van der Waals surface area (Å²) in [6.45, 7) is 4.24. The topological polar surface area (TPSA) is 66.8 Å². The van der Waals surface area contributed by atoms with Gasteiger partial charge in [-0.2, -0.15) is 0 Å². The molecular formula is C19H21NO5. The first-order chi connectivity index (χ1) is 12.2. The molecule has 2 rings (SSSR count). The highest BCUT2D eigenvalue weighted by molar-refractivity contribution is 5.75. The van der Waals surface area contributed by atoms with Crippen LogP contribution in [0.2, 0.25) is 0 Å². The van der Waals surface area contributed by atoms with E-state index in [1.54, 1.807) is 10.6 Å². The molecular weight excluding hydrogens is 322 g/mol. The molecule has 0 amide bonds. The van der Waals surface area contributed by atoms with Gasteiger partial charge < -0.3 is 18.8 Å². The number of benzene rings is 1. The number of ether oxygens (including phenoxy) is 3. The molecule has 0 atom stereocenters. The van der Waals surface area contributed by atoms with Crippen molar-refractivity contribution < 1.29 is 19.0 Å². The third kappa shape index (κ3) is 4.23. The van der Waals surface area contributed by atoms with Crippen molar-refractivity contribution >= 4 is 6.29 Å². The van der Waals surface area contributed by atoms with E-state index in [-0.39, 0.29) is 17.9 Å². The third-order valence-corrected chi connectivity index (χ3v) is 3.64. The van der Waals surface area contributed by atoms with Gasteiger partial charge in [0.25, 0.3) is 0 Å². The summed E-state index contributed by atoms with van der Waals surface area (Å²) in [4.78, 5) is 23.9. The molecule has 1 heterocycles. The first kappa shape index (κ1) is 18.6. The van der Waals surface area contributed by atoms with Gasteiger partial charge in [0, 0.05) is 27.0 Å². The molecule has 0 unspecified atom stereocenters. The quantitative estimate of drug-likeness (QED) is 0.398. The fraction of sp³-hybridized carbons (Fsp3) is 0.263. The maximum atomic E-state index is 12.6. The van der Waals surface area contributed by atoms with Gasteiger partial charge in [-0.3, -0.25) is 9.59 Å². The number of methoxy groups -OCH3 is 2. The normalized spacial score (nSPS) is 10.7. The molecule has 1 aromatic heterocycles. The Balaban J connectivity index is 2.55. The zero-order chi connectivity index (χ0) is 18.2. The minimum absolute atomic E-state index is 0.000354. The number of nitrogens with zero attached hydrogens (tertiary/aromatic N) is 1. The van der Waals surface area contributed by atoms with Crippen LogP contribution in [-0.4, -0.2) is 25.1 Å². The van der Waals surface area contributed by atoms with E-state index in [9.17, 15) is 9.59 Å². The Morgan fingerprint density at radius 3 is 2.44 bits per heavy atom. The molecule has 25 heavy (non-hydrogen) atoms. The summed E-state index contributed by atoms with van der Waals surface area (Å²) in [5.74, 6) is 0.0315. The van der Waals surface area contributed by atoms with Crippen molar-refractivity contribution in [2.24, 2.45) is 0 Å².